The molecule has 0 amide bonds. The minimum Gasteiger partial charge on any atom is -0.481 e. The van der Waals surface area contributed by atoms with Gasteiger partial charge in [-0.15, -0.1) is 0 Å². The molecule has 0 aliphatic heterocycles. The molecule has 110 valence electrons. The summed E-state index contributed by atoms with van der Waals surface area (Å²) in [5.74, 6) is -0.338. The first kappa shape index (κ1) is 14.8. The van der Waals surface area contributed by atoms with Crippen LogP contribution in [0.1, 0.15) is 65.2 Å². The van der Waals surface area contributed by atoms with Crippen molar-refractivity contribution in [3.05, 3.63) is 0 Å². The van der Waals surface area contributed by atoms with Crippen LogP contribution in [0.3, 0.4) is 0 Å². The molecule has 0 bridgehead atoms. The van der Waals surface area contributed by atoms with Crippen molar-refractivity contribution in [1.29, 1.82) is 0 Å². The van der Waals surface area contributed by atoms with Gasteiger partial charge in [-0.25, -0.2) is 0 Å². The van der Waals surface area contributed by atoms with Crippen LogP contribution in [0.15, 0.2) is 0 Å². The van der Waals surface area contributed by atoms with Crippen molar-refractivity contribution in [3.8, 4) is 0 Å². The second-order valence-electron chi connectivity index (χ2n) is 7.34. The Morgan fingerprint density at radius 3 is 2.68 bits per heavy atom. The highest BCUT2D eigenvalue weighted by Gasteiger charge is 2.33. The molecule has 2 N–H and O–H groups in total. The molecule has 0 aromatic carbocycles. The zero-order valence-electron chi connectivity index (χ0n) is 12.5. The summed E-state index contributed by atoms with van der Waals surface area (Å²) < 4.78 is 0. The van der Waals surface area contributed by atoms with Gasteiger partial charge >= 0.3 is 5.97 Å². The standard InChI is InChI=1S/C16H29NO2/c1-16(2)9-4-6-13(8-10-16)17-11-12-5-3-7-14(12)15(18)19/h12-14,17H,3-11H2,1-2H3,(H,18,19). The maximum Gasteiger partial charge on any atom is 0.306 e. The molecule has 2 aliphatic rings. The topological polar surface area (TPSA) is 49.3 Å². The summed E-state index contributed by atoms with van der Waals surface area (Å²) in [7, 11) is 0. The average Bonchev–Trinajstić information content (AvgIpc) is 2.73. The van der Waals surface area contributed by atoms with E-state index in [2.05, 4.69) is 19.2 Å². The summed E-state index contributed by atoms with van der Waals surface area (Å²) in [5.41, 5.74) is 0.493. The minimum absolute atomic E-state index is 0.102. The third-order valence-electron chi connectivity index (χ3n) is 5.22. The van der Waals surface area contributed by atoms with Crippen LogP contribution < -0.4 is 5.32 Å². The first-order valence-electron chi connectivity index (χ1n) is 7.94. The zero-order chi connectivity index (χ0) is 13.9. The Labute approximate surface area is 117 Å². The van der Waals surface area contributed by atoms with Gasteiger partial charge in [-0.1, -0.05) is 26.7 Å². The van der Waals surface area contributed by atoms with Crippen LogP contribution in [0.25, 0.3) is 0 Å². The normalized spacial score (nSPS) is 34.9. The Kier molecular flexibility index (Phi) is 4.88. The molecule has 0 aromatic heterocycles. The molecule has 2 aliphatic carbocycles. The first-order valence-corrected chi connectivity index (χ1v) is 7.94. The first-order chi connectivity index (χ1) is 8.98. The maximum atomic E-state index is 11.2. The molecule has 2 fully saturated rings. The summed E-state index contributed by atoms with van der Waals surface area (Å²) >= 11 is 0. The fraction of sp³-hybridized carbons (Fsp3) is 0.938. The van der Waals surface area contributed by atoms with Crippen LogP contribution in [0.5, 0.6) is 0 Å². The van der Waals surface area contributed by atoms with E-state index >= 15 is 0 Å². The van der Waals surface area contributed by atoms with Crippen LogP contribution in [0.2, 0.25) is 0 Å². The van der Waals surface area contributed by atoms with Crippen LogP contribution >= 0.6 is 0 Å². The summed E-state index contributed by atoms with van der Waals surface area (Å²) in [6.45, 7) is 5.64. The van der Waals surface area contributed by atoms with Gasteiger partial charge in [-0.2, -0.15) is 0 Å². The number of carboxylic acid groups (broad SMARTS) is 1. The van der Waals surface area contributed by atoms with Gasteiger partial charge in [-0.05, 0) is 56.4 Å². The molecule has 3 atom stereocenters. The number of hydrogen-bond acceptors (Lipinski definition) is 2. The second-order valence-corrected chi connectivity index (χ2v) is 7.34. The fourth-order valence-electron chi connectivity index (χ4n) is 3.79. The molecular formula is C16H29NO2. The van der Waals surface area contributed by atoms with Crippen molar-refractivity contribution < 1.29 is 9.90 Å². The molecule has 0 spiro atoms. The van der Waals surface area contributed by atoms with Crippen molar-refractivity contribution in [2.45, 2.75) is 71.3 Å². The highest BCUT2D eigenvalue weighted by Crippen LogP contribution is 2.35. The molecule has 0 aromatic rings. The monoisotopic (exact) mass is 267 g/mol. The lowest BCUT2D eigenvalue weighted by Crippen LogP contribution is -2.35. The molecule has 0 radical (unpaired) electrons. The minimum atomic E-state index is -0.591. The summed E-state index contributed by atoms with van der Waals surface area (Å²) in [4.78, 5) is 11.2. The molecule has 2 rings (SSSR count). The zero-order valence-corrected chi connectivity index (χ0v) is 12.5. The van der Waals surface area contributed by atoms with Crippen molar-refractivity contribution in [1.82, 2.24) is 5.32 Å². The molecule has 2 saturated carbocycles. The fourth-order valence-corrected chi connectivity index (χ4v) is 3.79. The van der Waals surface area contributed by atoms with Gasteiger partial charge in [0.1, 0.15) is 0 Å². The summed E-state index contributed by atoms with van der Waals surface area (Å²) in [5, 5.41) is 12.9. The largest absolute Gasteiger partial charge is 0.481 e. The molecule has 0 saturated heterocycles. The van der Waals surface area contributed by atoms with Crippen molar-refractivity contribution >= 4 is 5.97 Å². The van der Waals surface area contributed by atoms with E-state index in [1.807, 2.05) is 0 Å². The Morgan fingerprint density at radius 2 is 1.95 bits per heavy atom. The van der Waals surface area contributed by atoms with Crippen LogP contribution in [-0.4, -0.2) is 23.7 Å². The predicted molar refractivity (Wildman–Crippen MR) is 77.1 cm³/mol. The van der Waals surface area contributed by atoms with Crippen molar-refractivity contribution in [2.75, 3.05) is 6.54 Å². The van der Waals surface area contributed by atoms with E-state index in [1.54, 1.807) is 0 Å². The molecular weight excluding hydrogens is 238 g/mol. The lowest BCUT2D eigenvalue weighted by molar-refractivity contribution is -0.142. The number of carboxylic acids is 1. The Morgan fingerprint density at radius 1 is 1.16 bits per heavy atom. The second kappa shape index (κ2) is 6.25. The van der Waals surface area contributed by atoms with Gasteiger partial charge in [0.25, 0.3) is 0 Å². The van der Waals surface area contributed by atoms with E-state index in [0.29, 0.717) is 17.4 Å². The third-order valence-corrected chi connectivity index (χ3v) is 5.22. The Hall–Kier alpha value is -0.570. The summed E-state index contributed by atoms with van der Waals surface area (Å²) in [6.07, 6.45) is 9.47. The third kappa shape index (κ3) is 4.20. The molecule has 0 heterocycles. The van der Waals surface area contributed by atoms with Gasteiger partial charge in [0.15, 0.2) is 0 Å². The smallest absolute Gasteiger partial charge is 0.306 e. The molecule has 3 unspecified atom stereocenters. The molecule has 3 heteroatoms. The number of hydrogen-bond donors (Lipinski definition) is 2. The van der Waals surface area contributed by atoms with Crippen LogP contribution in [0.4, 0.5) is 0 Å². The van der Waals surface area contributed by atoms with Gasteiger partial charge < -0.3 is 10.4 Å². The van der Waals surface area contributed by atoms with Crippen molar-refractivity contribution in [2.24, 2.45) is 17.3 Å². The van der Waals surface area contributed by atoms with E-state index in [-0.39, 0.29) is 5.92 Å². The highest BCUT2D eigenvalue weighted by molar-refractivity contribution is 5.70. The van der Waals surface area contributed by atoms with E-state index < -0.39 is 5.97 Å². The van der Waals surface area contributed by atoms with Gasteiger partial charge in [0.2, 0.25) is 0 Å². The van der Waals surface area contributed by atoms with Crippen molar-refractivity contribution in [3.63, 3.8) is 0 Å². The highest BCUT2D eigenvalue weighted by atomic mass is 16.4. The van der Waals surface area contributed by atoms with Gasteiger partial charge in [0.05, 0.1) is 5.92 Å². The van der Waals surface area contributed by atoms with Gasteiger partial charge in [-0.3, -0.25) is 4.79 Å². The van der Waals surface area contributed by atoms with E-state index in [0.717, 1.165) is 25.8 Å². The quantitative estimate of drug-likeness (QED) is 0.767. The van der Waals surface area contributed by atoms with E-state index in [1.165, 1.54) is 32.1 Å². The Balaban J connectivity index is 1.77. The molecule has 19 heavy (non-hydrogen) atoms. The van der Waals surface area contributed by atoms with Crippen LogP contribution in [0, 0.1) is 17.3 Å². The number of carbonyl (C=O) groups is 1. The van der Waals surface area contributed by atoms with Gasteiger partial charge in [0, 0.05) is 6.04 Å². The van der Waals surface area contributed by atoms with E-state index in [4.69, 9.17) is 0 Å². The molecule has 3 nitrogen and oxygen atoms in total. The number of nitrogens with one attached hydrogen (secondary N) is 1. The van der Waals surface area contributed by atoms with Crippen LogP contribution in [-0.2, 0) is 4.79 Å². The summed E-state index contributed by atoms with van der Waals surface area (Å²) in [6, 6.07) is 0.608. The average molecular weight is 267 g/mol. The maximum absolute atomic E-state index is 11.2. The van der Waals surface area contributed by atoms with E-state index in [9.17, 15) is 9.90 Å². The SMILES string of the molecule is CC1(C)CCCC(NCC2CCCC2C(=O)O)CC1. The number of rotatable bonds is 4. The Bertz CT molecular complexity index is 314. The lowest BCUT2D eigenvalue weighted by atomic mass is 9.85. The lowest BCUT2D eigenvalue weighted by Gasteiger charge is -2.23. The number of aliphatic carboxylic acids is 1. The predicted octanol–water partition coefficient (Wildman–Crippen LogP) is 3.44.